The first kappa shape index (κ1) is 24.4. The zero-order valence-electron chi connectivity index (χ0n) is 20.5. The number of carbonyl (C=O) groups excluding carboxylic acids is 1. The summed E-state index contributed by atoms with van der Waals surface area (Å²) >= 11 is 0. The molecule has 0 bridgehead atoms. The third kappa shape index (κ3) is 4.88. The second-order valence-corrected chi connectivity index (χ2v) is 9.42. The molecule has 0 aliphatic carbocycles. The van der Waals surface area contributed by atoms with Crippen molar-refractivity contribution in [2.24, 2.45) is 15.7 Å². The van der Waals surface area contributed by atoms with Crippen molar-refractivity contribution in [1.29, 1.82) is 0 Å². The standard InChI is InChI=1S/C28H37N3O3/c1-3-18(8-5-6-14-32)22-17-23(20-11-13-31-28-21(16-20)9-7-15-34-28)24-19(4-2)10-12-30-26(24)25(22)27(29)33/h11-12,16-19,32H,3-10,13-15H2,1-2H3,(H2,29,33). The van der Waals surface area contributed by atoms with Gasteiger partial charge in [0.15, 0.2) is 0 Å². The van der Waals surface area contributed by atoms with Gasteiger partial charge in [-0.25, -0.2) is 4.99 Å². The van der Waals surface area contributed by atoms with E-state index in [1.165, 1.54) is 0 Å². The molecule has 0 radical (unpaired) electrons. The zero-order valence-corrected chi connectivity index (χ0v) is 20.5. The number of nitrogens with zero attached hydrogens (tertiary/aromatic N) is 2. The highest BCUT2D eigenvalue weighted by Gasteiger charge is 2.31. The number of aliphatic hydroxyl groups is 1. The molecule has 0 spiro atoms. The Kier molecular flexibility index (Phi) is 7.99. The average Bonchev–Trinajstić information content (AvgIpc) is 3.07. The van der Waals surface area contributed by atoms with Gasteiger partial charge in [-0.1, -0.05) is 26.3 Å². The Bertz CT molecular complexity index is 1050. The molecule has 2 atom stereocenters. The smallest absolute Gasteiger partial charge is 0.251 e. The monoisotopic (exact) mass is 463 g/mol. The Morgan fingerprint density at radius 3 is 2.91 bits per heavy atom. The lowest BCUT2D eigenvalue weighted by molar-refractivity contribution is 0.0999. The Hall–Kier alpha value is -2.73. The van der Waals surface area contributed by atoms with Crippen molar-refractivity contribution in [2.75, 3.05) is 19.8 Å². The normalized spacial score (nSPS) is 20.2. The van der Waals surface area contributed by atoms with Crippen LogP contribution in [0.2, 0.25) is 0 Å². The number of allylic oxidation sites excluding steroid dienone is 2. The van der Waals surface area contributed by atoms with Crippen molar-refractivity contribution in [3.63, 3.8) is 0 Å². The Balaban J connectivity index is 1.91. The summed E-state index contributed by atoms with van der Waals surface area (Å²) in [6.45, 7) is 5.81. The maximum absolute atomic E-state index is 12.8. The summed E-state index contributed by atoms with van der Waals surface area (Å²) in [4.78, 5) is 22.3. The molecule has 0 saturated carbocycles. The second kappa shape index (κ2) is 11.1. The molecule has 3 aliphatic heterocycles. The number of fused-ring (bicyclic) bond motifs is 2. The molecule has 3 N–H and O–H groups in total. The molecule has 1 saturated heterocycles. The van der Waals surface area contributed by atoms with Crippen LogP contribution in [0.5, 0.6) is 0 Å². The van der Waals surface area contributed by atoms with Crippen molar-refractivity contribution in [3.05, 3.63) is 46.0 Å². The number of aliphatic imine (C=N–C) groups is 2. The van der Waals surface area contributed by atoms with E-state index in [-0.39, 0.29) is 18.4 Å². The minimum Gasteiger partial charge on any atom is -0.478 e. The highest BCUT2D eigenvalue weighted by molar-refractivity contribution is 6.04. The number of benzene rings is 1. The SMILES string of the molecule is CCC(CCCCO)c1cc(C2=CCN=C3OCCCC3=C2)c2c(c1C(N)=O)N=CCC2CC. The summed E-state index contributed by atoms with van der Waals surface area (Å²) in [5.74, 6) is 0.821. The van der Waals surface area contributed by atoms with E-state index < -0.39 is 5.91 Å². The van der Waals surface area contributed by atoms with Gasteiger partial charge in [-0.3, -0.25) is 9.79 Å². The van der Waals surface area contributed by atoms with Crippen molar-refractivity contribution in [3.8, 4) is 0 Å². The molecular formula is C28H37N3O3. The van der Waals surface area contributed by atoms with Gasteiger partial charge < -0.3 is 15.6 Å². The van der Waals surface area contributed by atoms with Gasteiger partial charge in [0.1, 0.15) is 0 Å². The summed E-state index contributed by atoms with van der Waals surface area (Å²) in [6, 6.07) is 2.22. The third-order valence-electron chi connectivity index (χ3n) is 7.31. The molecule has 3 aliphatic rings. The summed E-state index contributed by atoms with van der Waals surface area (Å²) in [5.41, 5.74) is 12.9. The minimum atomic E-state index is -0.410. The Morgan fingerprint density at radius 1 is 1.32 bits per heavy atom. The zero-order chi connectivity index (χ0) is 24.1. The Morgan fingerprint density at radius 2 is 2.18 bits per heavy atom. The predicted molar refractivity (Wildman–Crippen MR) is 138 cm³/mol. The van der Waals surface area contributed by atoms with Gasteiger partial charge in [0.25, 0.3) is 5.91 Å². The predicted octanol–water partition coefficient (Wildman–Crippen LogP) is 5.57. The van der Waals surface area contributed by atoms with Crippen LogP contribution in [0.4, 0.5) is 5.69 Å². The van der Waals surface area contributed by atoms with Crippen molar-refractivity contribution < 1.29 is 14.6 Å². The molecule has 6 heteroatoms. The number of amides is 1. The van der Waals surface area contributed by atoms with Gasteiger partial charge >= 0.3 is 0 Å². The highest BCUT2D eigenvalue weighted by Crippen LogP contribution is 2.46. The van der Waals surface area contributed by atoms with Gasteiger partial charge in [-0.2, -0.15) is 0 Å². The van der Waals surface area contributed by atoms with Gasteiger partial charge in [0, 0.05) is 18.4 Å². The summed E-state index contributed by atoms with van der Waals surface area (Å²) in [7, 11) is 0. The van der Waals surface area contributed by atoms with Crippen molar-refractivity contribution in [1.82, 2.24) is 0 Å². The Labute approximate surface area is 202 Å². The third-order valence-corrected chi connectivity index (χ3v) is 7.31. The van der Waals surface area contributed by atoms with Crippen LogP contribution < -0.4 is 5.73 Å². The molecule has 6 nitrogen and oxygen atoms in total. The lowest BCUT2D eigenvalue weighted by Crippen LogP contribution is -2.20. The first-order chi connectivity index (χ1) is 16.6. The topological polar surface area (TPSA) is 97.3 Å². The van der Waals surface area contributed by atoms with Crippen LogP contribution >= 0.6 is 0 Å². The number of aliphatic hydroxyl groups excluding tert-OH is 1. The fourth-order valence-electron chi connectivity index (χ4n) is 5.49. The van der Waals surface area contributed by atoms with E-state index in [0.29, 0.717) is 12.1 Å². The number of nitrogens with two attached hydrogens (primary N) is 1. The summed E-state index contributed by atoms with van der Waals surface area (Å²) in [6.07, 6.45) is 13.6. The molecule has 3 heterocycles. The van der Waals surface area contributed by atoms with Crippen LogP contribution in [0.3, 0.4) is 0 Å². The molecule has 182 valence electrons. The van der Waals surface area contributed by atoms with Crippen LogP contribution in [0.1, 0.15) is 104 Å². The molecule has 1 aromatic carbocycles. The lowest BCUT2D eigenvalue weighted by Gasteiger charge is -2.29. The molecule has 4 rings (SSSR count). The molecule has 1 aromatic rings. The minimum absolute atomic E-state index is 0.180. The van der Waals surface area contributed by atoms with Gasteiger partial charge in [-0.05, 0) is 91.2 Å². The first-order valence-corrected chi connectivity index (χ1v) is 12.8. The van der Waals surface area contributed by atoms with Gasteiger partial charge in [0.05, 0.1) is 24.4 Å². The van der Waals surface area contributed by atoms with Crippen LogP contribution in [0.25, 0.3) is 5.57 Å². The fourth-order valence-corrected chi connectivity index (χ4v) is 5.49. The first-order valence-electron chi connectivity index (χ1n) is 12.8. The molecule has 1 amide bonds. The van der Waals surface area contributed by atoms with Gasteiger partial charge in [-0.15, -0.1) is 0 Å². The van der Waals surface area contributed by atoms with Crippen LogP contribution in [-0.2, 0) is 4.74 Å². The molecule has 1 fully saturated rings. The number of ether oxygens (including phenoxy) is 1. The summed E-state index contributed by atoms with van der Waals surface area (Å²) in [5, 5.41) is 9.29. The fraction of sp³-hybridized carbons (Fsp3) is 0.536. The van der Waals surface area contributed by atoms with Crippen molar-refractivity contribution >= 4 is 29.3 Å². The van der Waals surface area contributed by atoms with E-state index in [0.717, 1.165) is 97.4 Å². The molecule has 0 aromatic heterocycles. The molecule has 2 unspecified atom stereocenters. The maximum Gasteiger partial charge on any atom is 0.251 e. The quantitative estimate of drug-likeness (QED) is 0.468. The number of primary amides is 1. The average molecular weight is 464 g/mol. The number of rotatable bonds is 9. The molecular weight excluding hydrogens is 426 g/mol. The number of carbonyl (C=O) groups is 1. The number of hydrogen-bond acceptors (Lipinski definition) is 5. The number of hydrogen-bond donors (Lipinski definition) is 2. The second-order valence-electron chi connectivity index (χ2n) is 9.42. The summed E-state index contributed by atoms with van der Waals surface area (Å²) < 4.78 is 5.83. The van der Waals surface area contributed by atoms with Crippen LogP contribution in [-0.4, -0.2) is 42.9 Å². The van der Waals surface area contributed by atoms with E-state index in [1.54, 1.807) is 0 Å². The van der Waals surface area contributed by atoms with Gasteiger partial charge in [0.2, 0.25) is 5.90 Å². The largest absolute Gasteiger partial charge is 0.478 e. The molecule has 34 heavy (non-hydrogen) atoms. The van der Waals surface area contributed by atoms with Crippen LogP contribution in [0.15, 0.2) is 33.8 Å². The van der Waals surface area contributed by atoms with Crippen LogP contribution in [0, 0.1) is 0 Å². The van der Waals surface area contributed by atoms with E-state index in [2.05, 4.69) is 37.1 Å². The maximum atomic E-state index is 12.8. The van der Waals surface area contributed by atoms with E-state index in [4.69, 9.17) is 15.5 Å². The highest BCUT2D eigenvalue weighted by atomic mass is 16.5. The van der Waals surface area contributed by atoms with E-state index >= 15 is 0 Å². The lowest BCUT2D eigenvalue weighted by atomic mass is 9.77. The van der Waals surface area contributed by atoms with Crippen molar-refractivity contribution in [2.45, 2.75) is 77.0 Å². The van der Waals surface area contributed by atoms with E-state index in [1.807, 2.05) is 6.21 Å². The number of unbranched alkanes of at least 4 members (excludes halogenated alkanes) is 1. The van der Waals surface area contributed by atoms with E-state index in [9.17, 15) is 9.90 Å².